The number of nitrogens with zero attached hydrogens (tertiary/aromatic N) is 3. The summed E-state index contributed by atoms with van der Waals surface area (Å²) in [6, 6.07) is 0.137. The van der Waals surface area contributed by atoms with E-state index in [9.17, 15) is 4.79 Å². The van der Waals surface area contributed by atoms with Gasteiger partial charge in [0, 0.05) is 19.1 Å². The number of likely N-dealkylation sites (tertiary alicyclic amines) is 1. The third-order valence-corrected chi connectivity index (χ3v) is 3.57. The second-order valence-corrected chi connectivity index (χ2v) is 4.54. The van der Waals surface area contributed by atoms with Gasteiger partial charge in [0.2, 0.25) is 0 Å². The average Bonchev–Trinajstić information content (AvgIpc) is 2.91. The van der Waals surface area contributed by atoms with Gasteiger partial charge in [0.25, 0.3) is 5.91 Å². The Balaban J connectivity index is 2.07. The number of hydrogen-bond donors (Lipinski definition) is 2. The number of piperidine rings is 1. The number of aromatic amines is 1. The van der Waals surface area contributed by atoms with Gasteiger partial charge in [-0.1, -0.05) is 13.3 Å². The van der Waals surface area contributed by atoms with Crippen LogP contribution in [0.2, 0.25) is 0 Å². The average molecular weight is 237 g/mol. The van der Waals surface area contributed by atoms with Crippen LogP contribution >= 0.6 is 0 Å². The molecule has 2 unspecified atom stereocenters. The van der Waals surface area contributed by atoms with Crippen molar-refractivity contribution in [1.82, 2.24) is 20.3 Å². The third kappa shape index (κ3) is 2.46. The first kappa shape index (κ1) is 12.0. The molecule has 3 N–H and O–H groups in total. The lowest BCUT2D eigenvalue weighted by Crippen LogP contribution is -2.49. The molecule has 2 heterocycles. The van der Waals surface area contributed by atoms with Gasteiger partial charge in [0.1, 0.15) is 0 Å². The summed E-state index contributed by atoms with van der Waals surface area (Å²) in [7, 11) is 0. The first-order valence-electron chi connectivity index (χ1n) is 6.13. The van der Waals surface area contributed by atoms with Crippen LogP contribution < -0.4 is 5.73 Å². The van der Waals surface area contributed by atoms with Crippen molar-refractivity contribution in [2.45, 2.75) is 32.2 Å². The van der Waals surface area contributed by atoms with Crippen LogP contribution in [0.1, 0.15) is 36.7 Å². The molecule has 0 aliphatic carbocycles. The van der Waals surface area contributed by atoms with Crippen molar-refractivity contribution in [3.63, 3.8) is 0 Å². The van der Waals surface area contributed by atoms with Crippen LogP contribution in [0.25, 0.3) is 0 Å². The van der Waals surface area contributed by atoms with Crippen LogP contribution in [0.3, 0.4) is 0 Å². The molecule has 0 aromatic carbocycles. The number of hydrogen-bond acceptors (Lipinski definition) is 4. The second kappa shape index (κ2) is 5.27. The van der Waals surface area contributed by atoms with E-state index in [0.29, 0.717) is 18.2 Å². The van der Waals surface area contributed by atoms with E-state index in [1.165, 1.54) is 6.20 Å². The van der Waals surface area contributed by atoms with Crippen LogP contribution in [-0.4, -0.2) is 45.3 Å². The minimum Gasteiger partial charge on any atom is -0.333 e. The van der Waals surface area contributed by atoms with Gasteiger partial charge in [-0.15, -0.1) is 0 Å². The minimum atomic E-state index is -0.0660. The summed E-state index contributed by atoms with van der Waals surface area (Å²) >= 11 is 0. The van der Waals surface area contributed by atoms with E-state index in [1.54, 1.807) is 0 Å². The maximum Gasteiger partial charge on any atom is 0.276 e. The largest absolute Gasteiger partial charge is 0.333 e. The molecule has 17 heavy (non-hydrogen) atoms. The topological polar surface area (TPSA) is 87.9 Å². The van der Waals surface area contributed by atoms with Gasteiger partial charge in [-0.25, -0.2) is 0 Å². The van der Waals surface area contributed by atoms with Crippen LogP contribution in [-0.2, 0) is 0 Å². The highest BCUT2D eigenvalue weighted by Gasteiger charge is 2.31. The summed E-state index contributed by atoms with van der Waals surface area (Å²) in [6.07, 6.45) is 4.66. The Hall–Kier alpha value is -1.43. The number of amides is 1. The molecule has 0 bridgehead atoms. The van der Waals surface area contributed by atoms with Gasteiger partial charge in [-0.05, 0) is 18.8 Å². The predicted molar refractivity (Wildman–Crippen MR) is 63.3 cm³/mol. The standard InChI is InChI=1S/C11H19N5O/c1-2-8-3-4-16(9(5-8)6-12)11(17)10-7-13-15-14-10/h7-9H,2-6,12H2,1H3,(H,13,14,15). The summed E-state index contributed by atoms with van der Waals surface area (Å²) in [6.45, 7) is 3.47. The summed E-state index contributed by atoms with van der Waals surface area (Å²) in [5.74, 6) is 0.619. The van der Waals surface area contributed by atoms with Gasteiger partial charge in [-0.2, -0.15) is 15.4 Å². The first-order chi connectivity index (χ1) is 8.26. The molecule has 1 aromatic rings. The number of carbonyl (C=O) groups is 1. The molecule has 2 rings (SSSR count). The molecule has 1 amide bonds. The van der Waals surface area contributed by atoms with E-state index < -0.39 is 0 Å². The molecule has 6 nitrogen and oxygen atoms in total. The molecule has 0 spiro atoms. The van der Waals surface area contributed by atoms with Crippen molar-refractivity contribution < 1.29 is 4.79 Å². The van der Waals surface area contributed by atoms with E-state index in [-0.39, 0.29) is 11.9 Å². The monoisotopic (exact) mass is 237 g/mol. The first-order valence-corrected chi connectivity index (χ1v) is 6.13. The zero-order chi connectivity index (χ0) is 12.3. The Morgan fingerprint density at radius 3 is 3.12 bits per heavy atom. The Labute approximate surface area is 101 Å². The summed E-state index contributed by atoms with van der Waals surface area (Å²) in [5, 5.41) is 9.96. The van der Waals surface area contributed by atoms with E-state index in [2.05, 4.69) is 22.3 Å². The lowest BCUT2D eigenvalue weighted by molar-refractivity contribution is 0.0552. The fourth-order valence-electron chi connectivity index (χ4n) is 2.45. The lowest BCUT2D eigenvalue weighted by Gasteiger charge is -2.38. The summed E-state index contributed by atoms with van der Waals surface area (Å²) in [5.41, 5.74) is 6.14. The van der Waals surface area contributed by atoms with Gasteiger partial charge in [0.05, 0.1) is 6.20 Å². The van der Waals surface area contributed by atoms with Gasteiger partial charge in [-0.3, -0.25) is 4.79 Å². The highest BCUT2D eigenvalue weighted by molar-refractivity contribution is 5.92. The molecule has 1 aliphatic rings. The number of nitrogens with two attached hydrogens (primary N) is 1. The van der Waals surface area contributed by atoms with E-state index in [4.69, 9.17) is 5.73 Å². The number of aromatic nitrogens is 3. The number of rotatable bonds is 3. The molecular weight excluding hydrogens is 218 g/mol. The Morgan fingerprint density at radius 1 is 1.71 bits per heavy atom. The smallest absolute Gasteiger partial charge is 0.276 e. The molecule has 2 atom stereocenters. The van der Waals surface area contributed by atoms with Crippen molar-refractivity contribution in [3.05, 3.63) is 11.9 Å². The number of carbonyl (C=O) groups excluding carboxylic acids is 1. The van der Waals surface area contributed by atoms with E-state index >= 15 is 0 Å². The molecular formula is C11H19N5O. The van der Waals surface area contributed by atoms with Gasteiger partial charge >= 0.3 is 0 Å². The van der Waals surface area contributed by atoms with Crippen molar-refractivity contribution in [1.29, 1.82) is 0 Å². The summed E-state index contributed by atoms with van der Waals surface area (Å²) < 4.78 is 0. The number of H-pyrrole nitrogens is 1. The van der Waals surface area contributed by atoms with Crippen LogP contribution in [0.5, 0.6) is 0 Å². The highest BCUT2D eigenvalue weighted by Crippen LogP contribution is 2.25. The lowest BCUT2D eigenvalue weighted by atomic mass is 9.88. The maximum absolute atomic E-state index is 12.2. The van der Waals surface area contributed by atoms with Crippen LogP contribution in [0.15, 0.2) is 6.20 Å². The van der Waals surface area contributed by atoms with Crippen molar-refractivity contribution in [3.8, 4) is 0 Å². The molecule has 0 saturated carbocycles. The molecule has 1 fully saturated rings. The Bertz CT molecular complexity index is 364. The second-order valence-electron chi connectivity index (χ2n) is 4.54. The maximum atomic E-state index is 12.2. The summed E-state index contributed by atoms with van der Waals surface area (Å²) in [4.78, 5) is 14.0. The van der Waals surface area contributed by atoms with Gasteiger partial charge < -0.3 is 10.6 Å². The van der Waals surface area contributed by atoms with E-state index in [1.807, 2.05) is 4.90 Å². The van der Waals surface area contributed by atoms with E-state index in [0.717, 1.165) is 25.8 Å². The zero-order valence-corrected chi connectivity index (χ0v) is 10.1. The SMILES string of the molecule is CCC1CCN(C(=O)c2cn[nH]n2)C(CN)C1. The van der Waals surface area contributed by atoms with Crippen molar-refractivity contribution in [2.75, 3.05) is 13.1 Å². The van der Waals surface area contributed by atoms with Crippen LogP contribution in [0.4, 0.5) is 0 Å². The molecule has 1 aromatic heterocycles. The molecule has 1 aliphatic heterocycles. The predicted octanol–water partition coefficient (Wildman–Crippen LogP) is 0.394. The van der Waals surface area contributed by atoms with Crippen LogP contribution in [0, 0.1) is 5.92 Å². The highest BCUT2D eigenvalue weighted by atomic mass is 16.2. The molecule has 0 radical (unpaired) electrons. The molecule has 6 heteroatoms. The Kier molecular flexibility index (Phi) is 3.73. The fourth-order valence-corrected chi connectivity index (χ4v) is 2.45. The quantitative estimate of drug-likeness (QED) is 0.796. The normalized spacial score (nSPS) is 24.9. The molecule has 1 saturated heterocycles. The third-order valence-electron chi connectivity index (χ3n) is 3.57. The molecule has 94 valence electrons. The van der Waals surface area contributed by atoms with Crippen molar-refractivity contribution >= 4 is 5.91 Å². The van der Waals surface area contributed by atoms with Gasteiger partial charge in [0.15, 0.2) is 5.69 Å². The zero-order valence-electron chi connectivity index (χ0n) is 10.1. The van der Waals surface area contributed by atoms with Crippen molar-refractivity contribution in [2.24, 2.45) is 11.7 Å². The minimum absolute atomic E-state index is 0.0660. The Morgan fingerprint density at radius 2 is 2.53 bits per heavy atom. The fraction of sp³-hybridized carbons (Fsp3) is 0.727. The number of nitrogens with one attached hydrogen (secondary N) is 1.